The molecule has 0 atom stereocenters. The van der Waals surface area contributed by atoms with E-state index in [-0.39, 0.29) is 5.91 Å². The summed E-state index contributed by atoms with van der Waals surface area (Å²) in [5.41, 5.74) is 0. The van der Waals surface area contributed by atoms with E-state index in [1.54, 1.807) is 30.6 Å². The highest BCUT2D eigenvalue weighted by Gasteiger charge is 1.87. The van der Waals surface area contributed by atoms with E-state index < -0.39 is 0 Å². The fourth-order valence-electron chi connectivity index (χ4n) is 0.764. The van der Waals surface area contributed by atoms with E-state index >= 15 is 0 Å². The van der Waals surface area contributed by atoms with E-state index in [4.69, 9.17) is 0 Å². The second kappa shape index (κ2) is 5.03. The molecular weight excluding hydrogens is 166 g/mol. The van der Waals surface area contributed by atoms with Gasteiger partial charge < -0.3 is 5.32 Å². The molecule has 0 bridgehead atoms. The molecule has 0 aromatic carbocycles. The highest BCUT2D eigenvalue weighted by molar-refractivity contribution is 5.73. The normalized spacial score (nSPS) is 10.2. The number of rotatable bonds is 3. The van der Waals surface area contributed by atoms with E-state index in [1.807, 2.05) is 0 Å². The van der Waals surface area contributed by atoms with Crippen LogP contribution in [0.25, 0.3) is 6.08 Å². The number of amides is 1. The van der Waals surface area contributed by atoms with Crippen molar-refractivity contribution in [2.24, 2.45) is 0 Å². The molecule has 0 unspecified atom stereocenters. The van der Waals surface area contributed by atoms with Crippen LogP contribution in [0.5, 0.6) is 0 Å². The molecule has 0 aliphatic heterocycles. The van der Waals surface area contributed by atoms with E-state index in [2.05, 4.69) is 15.3 Å². The molecule has 1 heterocycles. The standard InChI is InChI=1S/C9H11N3O/c1-8(13)10-5-2-4-9-11-6-3-7-12-9/h2-4,6-7H,5H2,1H3,(H,10,13). The van der Waals surface area contributed by atoms with Crippen LogP contribution in [0.3, 0.4) is 0 Å². The van der Waals surface area contributed by atoms with E-state index in [0.29, 0.717) is 12.4 Å². The van der Waals surface area contributed by atoms with Crippen molar-refractivity contribution in [2.45, 2.75) is 6.92 Å². The molecule has 4 nitrogen and oxygen atoms in total. The predicted octanol–water partition coefficient (Wildman–Crippen LogP) is 0.626. The number of hydrogen-bond acceptors (Lipinski definition) is 3. The number of hydrogen-bond donors (Lipinski definition) is 1. The summed E-state index contributed by atoms with van der Waals surface area (Å²) in [6.07, 6.45) is 6.91. The second-order valence-electron chi connectivity index (χ2n) is 2.45. The van der Waals surface area contributed by atoms with Gasteiger partial charge in [-0.3, -0.25) is 4.79 Å². The van der Waals surface area contributed by atoms with Crippen molar-refractivity contribution < 1.29 is 4.79 Å². The molecule has 1 aromatic rings. The van der Waals surface area contributed by atoms with E-state index in [9.17, 15) is 4.79 Å². The van der Waals surface area contributed by atoms with Crippen LogP contribution in [0.2, 0.25) is 0 Å². The van der Waals surface area contributed by atoms with Crippen molar-refractivity contribution in [3.63, 3.8) is 0 Å². The summed E-state index contributed by atoms with van der Waals surface area (Å²) in [6.45, 7) is 1.99. The highest BCUT2D eigenvalue weighted by atomic mass is 16.1. The summed E-state index contributed by atoms with van der Waals surface area (Å²) in [4.78, 5) is 18.4. The molecule has 4 heteroatoms. The molecule has 1 amide bonds. The predicted molar refractivity (Wildman–Crippen MR) is 49.7 cm³/mol. The van der Waals surface area contributed by atoms with Gasteiger partial charge in [0.15, 0.2) is 5.82 Å². The zero-order chi connectivity index (χ0) is 9.52. The monoisotopic (exact) mass is 177 g/mol. The lowest BCUT2D eigenvalue weighted by Crippen LogP contribution is -2.19. The van der Waals surface area contributed by atoms with Crippen molar-refractivity contribution in [3.8, 4) is 0 Å². The minimum Gasteiger partial charge on any atom is -0.353 e. The Labute approximate surface area is 76.7 Å². The van der Waals surface area contributed by atoms with E-state index in [0.717, 1.165) is 0 Å². The molecule has 0 aliphatic rings. The van der Waals surface area contributed by atoms with Crippen LogP contribution >= 0.6 is 0 Å². The van der Waals surface area contributed by atoms with Gasteiger partial charge in [0, 0.05) is 25.9 Å². The van der Waals surface area contributed by atoms with Crippen LogP contribution in [0, 0.1) is 0 Å². The van der Waals surface area contributed by atoms with Crippen LogP contribution in [0.1, 0.15) is 12.7 Å². The maximum Gasteiger partial charge on any atom is 0.217 e. The van der Waals surface area contributed by atoms with Gasteiger partial charge in [-0.2, -0.15) is 0 Å². The smallest absolute Gasteiger partial charge is 0.217 e. The van der Waals surface area contributed by atoms with Gasteiger partial charge in [0.05, 0.1) is 0 Å². The molecular formula is C9H11N3O. The minimum atomic E-state index is -0.0429. The highest BCUT2D eigenvalue weighted by Crippen LogP contribution is 1.89. The second-order valence-corrected chi connectivity index (χ2v) is 2.45. The first kappa shape index (κ1) is 9.38. The summed E-state index contributed by atoms with van der Waals surface area (Å²) in [7, 11) is 0. The van der Waals surface area contributed by atoms with Gasteiger partial charge in [-0.15, -0.1) is 0 Å². The topological polar surface area (TPSA) is 54.9 Å². The third-order valence-electron chi connectivity index (χ3n) is 1.32. The average molecular weight is 177 g/mol. The fraction of sp³-hybridized carbons (Fsp3) is 0.222. The third kappa shape index (κ3) is 4.00. The summed E-state index contributed by atoms with van der Waals surface area (Å²) in [5.74, 6) is 0.603. The van der Waals surface area contributed by atoms with Crippen molar-refractivity contribution >= 4 is 12.0 Å². The average Bonchev–Trinajstić information content (AvgIpc) is 2.14. The molecule has 1 aromatic heterocycles. The Bertz CT molecular complexity index is 295. The van der Waals surface area contributed by atoms with Gasteiger partial charge >= 0.3 is 0 Å². The molecule has 1 N–H and O–H groups in total. The van der Waals surface area contributed by atoms with E-state index in [1.165, 1.54) is 6.92 Å². The minimum absolute atomic E-state index is 0.0429. The summed E-state index contributed by atoms with van der Waals surface area (Å²) in [6, 6.07) is 1.76. The zero-order valence-corrected chi connectivity index (χ0v) is 7.40. The number of aromatic nitrogens is 2. The summed E-state index contributed by atoms with van der Waals surface area (Å²) in [5, 5.41) is 2.63. The lowest BCUT2D eigenvalue weighted by atomic mass is 10.4. The molecule has 0 spiro atoms. The van der Waals surface area contributed by atoms with Crippen molar-refractivity contribution in [1.82, 2.24) is 15.3 Å². The number of nitrogens with one attached hydrogen (secondary N) is 1. The Morgan fingerprint density at radius 1 is 1.54 bits per heavy atom. The maximum absolute atomic E-state index is 10.5. The number of carbonyl (C=O) groups is 1. The largest absolute Gasteiger partial charge is 0.353 e. The first-order valence-corrected chi connectivity index (χ1v) is 3.97. The first-order chi connectivity index (χ1) is 6.29. The quantitative estimate of drug-likeness (QED) is 0.736. The molecule has 0 saturated heterocycles. The number of nitrogens with zero attached hydrogens (tertiary/aromatic N) is 2. The Morgan fingerprint density at radius 3 is 2.85 bits per heavy atom. The van der Waals surface area contributed by atoms with Crippen LogP contribution in [0.15, 0.2) is 24.5 Å². The summed E-state index contributed by atoms with van der Waals surface area (Å²) >= 11 is 0. The Kier molecular flexibility index (Phi) is 3.63. The van der Waals surface area contributed by atoms with Gasteiger partial charge in [-0.05, 0) is 12.1 Å². The summed E-state index contributed by atoms with van der Waals surface area (Å²) < 4.78 is 0. The van der Waals surface area contributed by atoms with Crippen LogP contribution in [0.4, 0.5) is 0 Å². The molecule has 1 rings (SSSR count). The molecule has 0 saturated carbocycles. The Balaban J connectivity index is 2.37. The van der Waals surface area contributed by atoms with Crippen molar-refractivity contribution in [2.75, 3.05) is 6.54 Å². The molecule has 0 radical (unpaired) electrons. The van der Waals surface area contributed by atoms with Crippen LogP contribution < -0.4 is 5.32 Å². The van der Waals surface area contributed by atoms with Gasteiger partial charge in [-0.25, -0.2) is 9.97 Å². The van der Waals surface area contributed by atoms with Gasteiger partial charge in [0.1, 0.15) is 0 Å². The Morgan fingerprint density at radius 2 is 2.23 bits per heavy atom. The zero-order valence-electron chi connectivity index (χ0n) is 7.40. The van der Waals surface area contributed by atoms with Crippen molar-refractivity contribution in [3.05, 3.63) is 30.4 Å². The lowest BCUT2D eigenvalue weighted by Gasteiger charge is -1.93. The van der Waals surface area contributed by atoms with Gasteiger partial charge in [-0.1, -0.05) is 6.08 Å². The maximum atomic E-state index is 10.5. The fourth-order valence-corrected chi connectivity index (χ4v) is 0.764. The van der Waals surface area contributed by atoms with Gasteiger partial charge in [0.25, 0.3) is 0 Å². The van der Waals surface area contributed by atoms with Crippen LogP contribution in [-0.4, -0.2) is 22.4 Å². The Hall–Kier alpha value is -1.71. The number of carbonyl (C=O) groups excluding carboxylic acids is 1. The third-order valence-corrected chi connectivity index (χ3v) is 1.32. The lowest BCUT2D eigenvalue weighted by molar-refractivity contribution is -0.118. The van der Waals surface area contributed by atoms with Gasteiger partial charge in [0.2, 0.25) is 5.91 Å². The molecule has 13 heavy (non-hydrogen) atoms. The molecule has 68 valence electrons. The molecule has 0 fully saturated rings. The molecule has 0 aliphatic carbocycles. The SMILES string of the molecule is CC(=O)NCC=Cc1ncccn1. The first-order valence-electron chi connectivity index (χ1n) is 3.97. The van der Waals surface area contributed by atoms with Crippen LogP contribution in [-0.2, 0) is 4.79 Å². The van der Waals surface area contributed by atoms with Crippen molar-refractivity contribution in [1.29, 1.82) is 0 Å².